The molecule has 0 bridgehead atoms. The number of hydrogen-bond donors (Lipinski definition) is 1. The number of anilines is 1. The van der Waals surface area contributed by atoms with Crippen molar-refractivity contribution in [3.8, 4) is 0 Å². The van der Waals surface area contributed by atoms with E-state index in [-0.39, 0.29) is 0 Å². The molecule has 0 aliphatic carbocycles. The van der Waals surface area contributed by atoms with Gasteiger partial charge in [0.2, 0.25) is 5.95 Å². The third-order valence-electron chi connectivity index (χ3n) is 3.31. The van der Waals surface area contributed by atoms with Gasteiger partial charge in [-0.15, -0.1) is 0 Å². The predicted octanol–water partition coefficient (Wildman–Crippen LogP) is 2.41. The van der Waals surface area contributed by atoms with Crippen molar-refractivity contribution in [3.63, 3.8) is 0 Å². The van der Waals surface area contributed by atoms with Gasteiger partial charge in [-0.25, -0.2) is 15.0 Å². The van der Waals surface area contributed by atoms with Crippen LogP contribution in [-0.4, -0.2) is 26.1 Å². The average Bonchev–Trinajstić information content (AvgIpc) is 2.82. The summed E-state index contributed by atoms with van der Waals surface area (Å²) in [7, 11) is 2.07. The maximum absolute atomic E-state index is 4.66. The van der Waals surface area contributed by atoms with E-state index in [1.165, 1.54) is 5.52 Å². The smallest absolute Gasteiger partial charge is 0.222 e. The van der Waals surface area contributed by atoms with Gasteiger partial charge in [-0.3, -0.25) is 0 Å². The first-order chi connectivity index (χ1) is 9.84. The van der Waals surface area contributed by atoms with Gasteiger partial charge in [-0.2, -0.15) is 0 Å². The second-order valence-electron chi connectivity index (χ2n) is 4.68. The van der Waals surface area contributed by atoms with E-state index in [1.54, 1.807) is 12.4 Å². The fraction of sp³-hybridized carbons (Fsp3) is 0.267. The Hall–Kier alpha value is -2.43. The SMILES string of the molecule is Cn1c(CCCNc2ncccn2)nc2ccccc21. The van der Waals surface area contributed by atoms with E-state index in [9.17, 15) is 0 Å². The molecule has 2 aromatic heterocycles. The van der Waals surface area contributed by atoms with Crippen molar-refractivity contribution >= 4 is 17.0 Å². The summed E-state index contributed by atoms with van der Waals surface area (Å²) in [5.74, 6) is 1.79. The summed E-state index contributed by atoms with van der Waals surface area (Å²) in [5, 5.41) is 3.21. The molecule has 2 heterocycles. The third kappa shape index (κ3) is 2.61. The number of benzene rings is 1. The Morgan fingerprint density at radius 1 is 1.10 bits per heavy atom. The van der Waals surface area contributed by atoms with Gasteiger partial charge in [-0.05, 0) is 24.6 Å². The zero-order valence-corrected chi connectivity index (χ0v) is 11.5. The van der Waals surface area contributed by atoms with E-state index in [1.807, 2.05) is 18.2 Å². The van der Waals surface area contributed by atoms with Crippen molar-refractivity contribution in [2.75, 3.05) is 11.9 Å². The second-order valence-corrected chi connectivity index (χ2v) is 4.68. The summed E-state index contributed by atoms with van der Waals surface area (Å²) in [5.41, 5.74) is 2.24. The quantitative estimate of drug-likeness (QED) is 0.721. The van der Waals surface area contributed by atoms with E-state index in [2.05, 4.69) is 44.0 Å². The molecule has 3 rings (SSSR count). The van der Waals surface area contributed by atoms with Crippen molar-refractivity contribution < 1.29 is 0 Å². The predicted molar refractivity (Wildman–Crippen MR) is 79.6 cm³/mol. The number of imidazole rings is 1. The fourth-order valence-electron chi connectivity index (χ4n) is 2.26. The highest BCUT2D eigenvalue weighted by Crippen LogP contribution is 2.15. The summed E-state index contributed by atoms with van der Waals surface area (Å²) in [6.07, 6.45) is 5.40. The summed E-state index contributed by atoms with van der Waals surface area (Å²) >= 11 is 0. The average molecular weight is 267 g/mol. The first-order valence-electron chi connectivity index (χ1n) is 6.76. The highest BCUT2D eigenvalue weighted by molar-refractivity contribution is 5.75. The molecule has 3 aromatic rings. The van der Waals surface area contributed by atoms with Crippen LogP contribution >= 0.6 is 0 Å². The summed E-state index contributed by atoms with van der Waals surface area (Å²) < 4.78 is 2.16. The number of nitrogens with one attached hydrogen (secondary N) is 1. The highest BCUT2D eigenvalue weighted by Gasteiger charge is 2.06. The summed E-state index contributed by atoms with van der Waals surface area (Å²) in [4.78, 5) is 12.9. The van der Waals surface area contributed by atoms with Crippen LogP contribution in [0.5, 0.6) is 0 Å². The maximum Gasteiger partial charge on any atom is 0.222 e. The second kappa shape index (κ2) is 5.69. The molecule has 1 aromatic carbocycles. The minimum absolute atomic E-state index is 0.678. The standard InChI is InChI=1S/C15H17N5/c1-20-13-7-3-2-6-12(13)19-14(20)8-4-9-16-15-17-10-5-11-18-15/h2-3,5-7,10-11H,4,8-9H2,1H3,(H,16,17,18). The lowest BCUT2D eigenvalue weighted by molar-refractivity contribution is 0.751. The van der Waals surface area contributed by atoms with Gasteiger partial charge in [0, 0.05) is 32.4 Å². The Bertz CT molecular complexity index is 690. The third-order valence-corrected chi connectivity index (χ3v) is 3.31. The Morgan fingerprint density at radius 3 is 2.70 bits per heavy atom. The van der Waals surface area contributed by atoms with Crippen LogP contribution in [0.3, 0.4) is 0 Å². The van der Waals surface area contributed by atoms with Crippen LogP contribution < -0.4 is 5.32 Å². The van der Waals surface area contributed by atoms with E-state index in [0.717, 1.165) is 30.7 Å². The normalized spacial score (nSPS) is 10.8. The van der Waals surface area contributed by atoms with Gasteiger partial charge in [0.05, 0.1) is 11.0 Å². The monoisotopic (exact) mass is 267 g/mol. The zero-order valence-electron chi connectivity index (χ0n) is 11.5. The molecule has 0 spiro atoms. The van der Waals surface area contributed by atoms with Gasteiger partial charge in [0.25, 0.3) is 0 Å². The lowest BCUT2D eigenvalue weighted by Crippen LogP contribution is -2.07. The molecule has 1 N–H and O–H groups in total. The number of fused-ring (bicyclic) bond motifs is 1. The van der Waals surface area contributed by atoms with Crippen LogP contribution in [0, 0.1) is 0 Å². The molecule has 0 aliphatic heterocycles. The Kier molecular flexibility index (Phi) is 3.58. The molecule has 0 saturated carbocycles. The van der Waals surface area contributed by atoms with Crippen molar-refractivity contribution in [1.82, 2.24) is 19.5 Å². The van der Waals surface area contributed by atoms with Crippen LogP contribution in [0.15, 0.2) is 42.7 Å². The van der Waals surface area contributed by atoms with E-state index < -0.39 is 0 Å². The fourth-order valence-corrected chi connectivity index (χ4v) is 2.26. The van der Waals surface area contributed by atoms with Gasteiger partial charge in [0.1, 0.15) is 5.82 Å². The lowest BCUT2D eigenvalue weighted by atomic mass is 10.3. The van der Waals surface area contributed by atoms with Crippen LogP contribution in [-0.2, 0) is 13.5 Å². The molecular formula is C15H17N5. The number of aromatic nitrogens is 4. The molecule has 5 nitrogen and oxygen atoms in total. The number of hydrogen-bond acceptors (Lipinski definition) is 4. The molecule has 0 aliphatic rings. The molecule has 20 heavy (non-hydrogen) atoms. The van der Waals surface area contributed by atoms with Crippen molar-refractivity contribution in [3.05, 3.63) is 48.5 Å². The zero-order chi connectivity index (χ0) is 13.8. The topological polar surface area (TPSA) is 55.6 Å². The molecule has 0 radical (unpaired) electrons. The van der Waals surface area contributed by atoms with Crippen LogP contribution in [0.1, 0.15) is 12.2 Å². The van der Waals surface area contributed by atoms with Crippen LogP contribution in [0.4, 0.5) is 5.95 Å². The maximum atomic E-state index is 4.66. The molecule has 5 heteroatoms. The number of rotatable bonds is 5. The summed E-state index contributed by atoms with van der Waals surface area (Å²) in [6.45, 7) is 0.840. The largest absolute Gasteiger partial charge is 0.354 e. The number of para-hydroxylation sites is 2. The number of aryl methyl sites for hydroxylation is 2. The molecule has 0 amide bonds. The molecule has 0 atom stereocenters. The molecule has 0 saturated heterocycles. The Labute approximate surface area is 117 Å². The van der Waals surface area contributed by atoms with Crippen molar-refractivity contribution in [1.29, 1.82) is 0 Å². The minimum atomic E-state index is 0.678. The summed E-state index contributed by atoms with van der Waals surface area (Å²) in [6, 6.07) is 10.0. The number of nitrogens with zero attached hydrogens (tertiary/aromatic N) is 4. The van der Waals surface area contributed by atoms with Crippen molar-refractivity contribution in [2.24, 2.45) is 7.05 Å². The molecular weight excluding hydrogens is 250 g/mol. The highest BCUT2D eigenvalue weighted by atomic mass is 15.1. The van der Waals surface area contributed by atoms with Gasteiger partial charge < -0.3 is 9.88 Å². The van der Waals surface area contributed by atoms with Crippen molar-refractivity contribution in [2.45, 2.75) is 12.8 Å². The molecule has 0 unspecified atom stereocenters. The first kappa shape index (κ1) is 12.6. The van der Waals surface area contributed by atoms with Gasteiger partial charge in [0.15, 0.2) is 0 Å². The Morgan fingerprint density at radius 2 is 1.90 bits per heavy atom. The van der Waals surface area contributed by atoms with Gasteiger partial charge in [-0.1, -0.05) is 12.1 Å². The lowest BCUT2D eigenvalue weighted by Gasteiger charge is -2.04. The van der Waals surface area contributed by atoms with Gasteiger partial charge >= 0.3 is 0 Å². The first-order valence-corrected chi connectivity index (χ1v) is 6.76. The van der Waals surface area contributed by atoms with E-state index in [4.69, 9.17) is 0 Å². The molecule has 102 valence electrons. The van der Waals surface area contributed by atoms with E-state index >= 15 is 0 Å². The Balaban J connectivity index is 1.59. The van der Waals surface area contributed by atoms with E-state index in [0.29, 0.717) is 5.95 Å². The minimum Gasteiger partial charge on any atom is -0.354 e. The van der Waals surface area contributed by atoms with Crippen LogP contribution in [0.25, 0.3) is 11.0 Å². The molecule has 0 fully saturated rings. The van der Waals surface area contributed by atoms with Crippen LogP contribution in [0.2, 0.25) is 0 Å².